The van der Waals surface area contributed by atoms with E-state index in [0.29, 0.717) is 17.9 Å². The summed E-state index contributed by atoms with van der Waals surface area (Å²) < 4.78 is 11.8. The monoisotopic (exact) mass is 341 g/mol. The van der Waals surface area contributed by atoms with Gasteiger partial charge in [-0.15, -0.1) is 0 Å². The number of ether oxygens (including phenoxy) is 2. The lowest BCUT2D eigenvalue weighted by Gasteiger charge is -2.27. The van der Waals surface area contributed by atoms with E-state index in [1.165, 1.54) is 6.42 Å². The van der Waals surface area contributed by atoms with Crippen LogP contribution in [0.4, 0.5) is 0 Å². The van der Waals surface area contributed by atoms with Crippen LogP contribution in [0, 0.1) is 0 Å². The Kier molecular flexibility index (Phi) is 5.43. The molecule has 0 N–H and O–H groups in total. The number of amides is 1. The van der Waals surface area contributed by atoms with Crippen LogP contribution in [0.15, 0.2) is 22.7 Å². The highest BCUT2D eigenvalue weighted by Gasteiger charge is 2.21. The van der Waals surface area contributed by atoms with Gasteiger partial charge in [-0.2, -0.15) is 0 Å². The third kappa shape index (κ3) is 3.73. The Morgan fingerprint density at radius 2 is 2.30 bits per heavy atom. The van der Waals surface area contributed by atoms with Crippen LogP contribution in [0.2, 0.25) is 0 Å². The summed E-state index contributed by atoms with van der Waals surface area (Å²) in [4.78, 5) is 14.2. The highest BCUT2D eigenvalue weighted by molar-refractivity contribution is 9.10. The van der Waals surface area contributed by atoms with Gasteiger partial charge in [-0.1, -0.05) is 15.9 Å². The van der Waals surface area contributed by atoms with Gasteiger partial charge in [-0.25, -0.2) is 0 Å². The average Bonchev–Trinajstić information content (AvgIpc) is 2.47. The van der Waals surface area contributed by atoms with Crippen LogP contribution in [0.5, 0.6) is 5.75 Å². The Balaban J connectivity index is 2.05. The number of carbonyl (C=O) groups excluding carboxylic acids is 1. The summed E-state index contributed by atoms with van der Waals surface area (Å²) in [7, 11) is 3.38. The van der Waals surface area contributed by atoms with Gasteiger partial charge in [0.1, 0.15) is 5.75 Å². The first-order valence-corrected chi connectivity index (χ1v) is 7.61. The largest absolute Gasteiger partial charge is 0.496 e. The second-order valence-corrected chi connectivity index (χ2v) is 5.93. The van der Waals surface area contributed by atoms with Gasteiger partial charge >= 0.3 is 0 Å². The summed E-state index contributed by atoms with van der Waals surface area (Å²) in [5.74, 6) is 0.546. The molecule has 2 rings (SSSR count). The van der Waals surface area contributed by atoms with Gasteiger partial charge in [-0.05, 0) is 37.5 Å². The number of benzene rings is 1. The van der Waals surface area contributed by atoms with Gasteiger partial charge < -0.3 is 14.4 Å². The van der Waals surface area contributed by atoms with E-state index in [0.717, 1.165) is 23.9 Å². The van der Waals surface area contributed by atoms with Crippen molar-refractivity contribution in [3.05, 3.63) is 28.2 Å². The third-order valence-electron chi connectivity index (χ3n) is 3.49. The number of nitrogens with zero attached hydrogens (tertiary/aromatic N) is 1. The molecule has 1 aliphatic rings. The van der Waals surface area contributed by atoms with Crippen molar-refractivity contribution >= 4 is 21.8 Å². The molecule has 1 aromatic rings. The van der Waals surface area contributed by atoms with Gasteiger partial charge in [-0.3, -0.25) is 4.79 Å². The first-order chi connectivity index (χ1) is 9.61. The molecule has 20 heavy (non-hydrogen) atoms. The number of methoxy groups -OCH3 is 1. The van der Waals surface area contributed by atoms with Crippen molar-refractivity contribution in [1.29, 1.82) is 0 Å². The lowest BCUT2D eigenvalue weighted by molar-refractivity contribution is -0.000240. The smallest absolute Gasteiger partial charge is 0.257 e. The van der Waals surface area contributed by atoms with Crippen molar-refractivity contribution in [2.45, 2.75) is 25.4 Å². The summed E-state index contributed by atoms with van der Waals surface area (Å²) in [6.07, 6.45) is 3.47. The van der Waals surface area contributed by atoms with Gasteiger partial charge in [0.2, 0.25) is 0 Å². The molecule has 0 bridgehead atoms. The van der Waals surface area contributed by atoms with Crippen LogP contribution in [-0.2, 0) is 4.74 Å². The summed E-state index contributed by atoms with van der Waals surface area (Å²) in [6, 6.07) is 5.43. The molecular formula is C15H20BrNO3. The normalized spacial score (nSPS) is 18.6. The molecule has 1 saturated heterocycles. The fourth-order valence-electron chi connectivity index (χ4n) is 2.39. The zero-order valence-electron chi connectivity index (χ0n) is 11.9. The van der Waals surface area contributed by atoms with Crippen molar-refractivity contribution in [3.63, 3.8) is 0 Å². The Hall–Kier alpha value is -1.07. The minimum absolute atomic E-state index is 0.0384. The maximum atomic E-state index is 12.5. The molecule has 0 radical (unpaired) electrons. The molecule has 0 spiro atoms. The van der Waals surface area contributed by atoms with Crippen molar-refractivity contribution in [1.82, 2.24) is 4.90 Å². The van der Waals surface area contributed by atoms with E-state index in [-0.39, 0.29) is 12.0 Å². The molecule has 1 unspecified atom stereocenters. The van der Waals surface area contributed by atoms with Gasteiger partial charge in [0.05, 0.1) is 18.8 Å². The van der Waals surface area contributed by atoms with E-state index in [9.17, 15) is 4.79 Å². The van der Waals surface area contributed by atoms with Crippen molar-refractivity contribution in [2.24, 2.45) is 0 Å². The van der Waals surface area contributed by atoms with Crippen molar-refractivity contribution in [3.8, 4) is 5.75 Å². The first-order valence-electron chi connectivity index (χ1n) is 6.82. The average molecular weight is 342 g/mol. The Morgan fingerprint density at radius 1 is 1.50 bits per heavy atom. The SMILES string of the molecule is COc1cc(Br)ccc1C(=O)N(C)CC1CCCCO1. The van der Waals surface area contributed by atoms with Crippen molar-refractivity contribution in [2.75, 3.05) is 27.3 Å². The van der Waals surface area contributed by atoms with E-state index in [1.54, 1.807) is 24.1 Å². The number of likely N-dealkylation sites (N-methyl/N-ethyl adjacent to an activating group) is 1. The predicted octanol–water partition coefficient (Wildman–Crippen LogP) is 3.10. The molecule has 1 fully saturated rings. The lowest BCUT2D eigenvalue weighted by atomic mass is 10.1. The van der Waals surface area contributed by atoms with Crippen LogP contribution in [0.3, 0.4) is 0 Å². The maximum absolute atomic E-state index is 12.5. The quantitative estimate of drug-likeness (QED) is 0.844. The third-order valence-corrected chi connectivity index (χ3v) is 3.99. The second-order valence-electron chi connectivity index (χ2n) is 5.02. The number of rotatable bonds is 4. The highest BCUT2D eigenvalue weighted by Crippen LogP contribution is 2.25. The summed E-state index contributed by atoms with van der Waals surface area (Å²) in [5, 5.41) is 0. The van der Waals surface area contributed by atoms with E-state index in [1.807, 2.05) is 13.1 Å². The van der Waals surface area contributed by atoms with Gasteiger partial charge in [0, 0.05) is 24.7 Å². The fraction of sp³-hybridized carbons (Fsp3) is 0.533. The Morgan fingerprint density at radius 3 is 2.95 bits per heavy atom. The van der Waals surface area contributed by atoms with E-state index in [4.69, 9.17) is 9.47 Å². The maximum Gasteiger partial charge on any atom is 0.257 e. The topological polar surface area (TPSA) is 38.8 Å². The molecular weight excluding hydrogens is 322 g/mol. The lowest BCUT2D eigenvalue weighted by Crippen LogP contribution is -2.37. The Bertz CT molecular complexity index is 472. The molecule has 1 aliphatic heterocycles. The molecule has 4 nitrogen and oxygen atoms in total. The Labute approximate surface area is 128 Å². The predicted molar refractivity (Wildman–Crippen MR) is 81.2 cm³/mol. The standard InChI is InChI=1S/C15H20BrNO3/c1-17(10-12-5-3-4-8-20-12)15(18)13-7-6-11(16)9-14(13)19-2/h6-7,9,12H,3-5,8,10H2,1-2H3. The molecule has 110 valence electrons. The molecule has 1 amide bonds. The van der Waals surface area contributed by atoms with Gasteiger partial charge in [0.15, 0.2) is 0 Å². The zero-order chi connectivity index (χ0) is 14.5. The molecule has 0 saturated carbocycles. The number of halogens is 1. The van der Waals surface area contributed by atoms with Crippen LogP contribution in [0.1, 0.15) is 29.6 Å². The molecule has 1 heterocycles. The molecule has 5 heteroatoms. The van der Waals surface area contributed by atoms with Crippen LogP contribution in [-0.4, -0.2) is 44.2 Å². The summed E-state index contributed by atoms with van der Waals surface area (Å²) in [6.45, 7) is 1.42. The van der Waals surface area contributed by atoms with E-state index < -0.39 is 0 Å². The second kappa shape index (κ2) is 7.09. The molecule has 1 aromatic carbocycles. The van der Waals surface area contributed by atoms with Crippen LogP contribution < -0.4 is 4.74 Å². The summed E-state index contributed by atoms with van der Waals surface area (Å²) in [5.41, 5.74) is 0.578. The van der Waals surface area contributed by atoms with Crippen molar-refractivity contribution < 1.29 is 14.3 Å². The summed E-state index contributed by atoms with van der Waals surface area (Å²) >= 11 is 3.38. The molecule has 1 atom stereocenters. The first kappa shape index (κ1) is 15.3. The van der Waals surface area contributed by atoms with E-state index >= 15 is 0 Å². The van der Waals surface area contributed by atoms with E-state index in [2.05, 4.69) is 15.9 Å². The minimum Gasteiger partial charge on any atom is -0.496 e. The molecule has 0 aromatic heterocycles. The van der Waals surface area contributed by atoms with Crippen LogP contribution in [0.25, 0.3) is 0 Å². The number of carbonyl (C=O) groups is 1. The highest BCUT2D eigenvalue weighted by atomic mass is 79.9. The van der Waals surface area contributed by atoms with Gasteiger partial charge in [0.25, 0.3) is 5.91 Å². The minimum atomic E-state index is -0.0384. The fourth-order valence-corrected chi connectivity index (χ4v) is 2.73. The number of hydrogen-bond acceptors (Lipinski definition) is 3. The zero-order valence-corrected chi connectivity index (χ0v) is 13.5. The molecule has 0 aliphatic carbocycles. The number of hydrogen-bond donors (Lipinski definition) is 0. The van der Waals surface area contributed by atoms with Crippen LogP contribution >= 0.6 is 15.9 Å².